The van der Waals surface area contributed by atoms with Crippen LogP contribution in [0.15, 0.2) is 215 Å². The van der Waals surface area contributed by atoms with Crippen molar-refractivity contribution in [2.45, 2.75) is 0 Å². The van der Waals surface area contributed by atoms with Gasteiger partial charge in [0.15, 0.2) is 0 Å². The summed E-state index contributed by atoms with van der Waals surface area (Å²) in [5.74, 6) is 0. The van der Waals surface area contributed by atoms with Gasteiger partial charge in [-0.3, -0.25) is 0 Å². The van der Waals surface area contributed by atoms with Crippen LogP contribution in [-0.2, 0) is 0 Å². The Bertz CT molecular complexity index is 3320. The summed E-state index contributed by atoms with van der Waals surface area (Å²) < 4.78 is 12.5. The smallest absolute Gasteiger partial charge is 0.136 e. The molecule has 0 aliphatic carbocycles. The highest BCUT2D eigenvalue weighted by atomic mass is 16.3. The maximum absolute atomic E-state index is 6.23. The lowest BCUT2D eigenvalue weighted by molar-refractivity contribution is 0.668. The molecule has 0 amide bonds. The Labute approximate surface area is 334 Å². The first-order valence-electron chi connectivity index (χ1n) is 19.8. The Kier molecular flexibility index (Phi) is 7.26. The van der Waals surface area contributed by atoms with E-state index in [1.54, 1.807) is 0 Å². The molecule has 0 saturated heterocycles. The van der Waals surface area contributed by atoms with Crippen molar-refractivity contribution in [3.8, 4) is 55.6 Å². The summed E-state index contributed by atoms with van der Waals surface area (Å²) >= 11 is 0. The van der Waals surface area contributed by atoms with Crippen LogP contribution in [0.1, 0.15) is 0 Å². The first kappa shape index (κ1) is 32.6. The molecule has 0 fully saturated rings. The SMILES string of the molecule is c1ccc(-c2c3cccc(-c4ccc(-c5cccc6oc7ccccc7c56)cc4)c3cc3c(-c4ccc(-c5cccc6oc7ccccc7c56)cc4)cccc23)cc1. The van der Waals surface area contributed by atoms with E-state index in [-0.39, 0.29) is 0 Å². The number of rotatable bonds is 5. The third-order valence-corrected chi connectivity index (χ3v) is 11.9. The fourth-order valence-corrected chi connectivity index (χ4v) is 9.28. The second-order valence-electron chi connectivity index (χ2n) is 15.1. The molecule has 2 aromatic heterocycles. The summed E-state index contributed by atoms with van der Waals surface area (Å²) in [7, 11) is 0. The highest BCUT2D eigenvalue weighted by molar-refractivity contribution is 6.19. The van der Waals surface area contributed by atoms with Crippen molar-refractivity contribution in [3.63, 3.8) is 0 Å². The molecule has 270 valence electrons. The summed E-state index contributed by atoms with van der Waals surface area (Å²) in [6, 6.07) is 74.1. The summed E-state index contributed by atoms with van der Waals surface area (Å²) in [5.41, 5.74) is 15.6. The number of fused-ring (bicyclic) bond motifs is 8. The van der Waals surface area contributed by atoms with Crippen LogP contribution in [-0.4, -0.2) is 0 Å². The molecule has 0 atom stereocenters. The van der Waals surface area contributed by atoms with E-state index in [9.17, 15) is 0 Å². The molecule has 0 aliphatic rings. The highest BCUT2D eigenvalue weighted by Crippen LogP contribution is 2.45. The van der Waals surface area contributed by atoms with E-state index in [2.05, 4.69) is 182 Å². The largest absolute Gasteiger partial charge is 0.456 e. The third-order valence-electron chi connectivity index (χ3n) is 11.9. The zero-order valence-electron chi connectivity index (χ0n) is 31.4. The average molecular weight is 739 g/mol. The number of furan rings is 2. The molecule has 2 nitrogen and oxygen atoms in total. The van der Waals surface area contributed by atoms with E-state index in [0.29, 0.717) is 0 Å². The maximum Gasteiger partial charge on any atom is 0.136 e. The second-order valence-corrected chi connectivity index (χ2v) is 15.1. The Morgan fingerprint density at radius 3 is 1.07 bits per heavy atom. The van der Waals surface area contributed by atoms with E-state index in [4.69, 9.17) is 8.83 Å². The molecule has 12 aromatic rings. The van der Waals surface area contributed by atoms with Gasteiger partial charge in [-0.25, -0.2) is 0 Å². The van der Waals surface area contributed by atoms with Gasteiger partial charge in [-0.15, -0.1) is 0 Å². The molecule has 12 rings (SSSR count). The van der Waals surface area contributed by atoms with Crippen molar-refractivity contribution in [1.29, 1.82) is 0 Å². The molecule has 0 aliphatic heterocycles. The monoisotopic (exact) mass is 738 g/mol. The van der Waals surface area contributed by atoms with Gasteiger partial charge >= 0.3 is 0 Å². The summed E-state index contributed by atoms with van der Waals surface area (Å²) in [6.07, 6.45) is 0. The van der Waals surface area contributed by atoms with Crippen LogP contribution in [0, 0.1) is 0 Å². The molecule has 2 heteroatoms. The molecule has 10 aromatic carbocycles. The van der Waals surface area contributed by atoms with E-state index < -0.39 is 0 Å². The Balaban J connectivity index is 1.02. The lowest BCUT2D eigenvalue weighted by Crippen LogP contribution is -1.91. The molecule has 0 radical (unpaired) electrons. The van der Waals surface area contributed by atoms with Gasteiger partial charge in [-0.05, 0) is 108 Å². The highest BCUT2D eigenvalue weighted by Gasteiger charge is 2.18. The predicted molar refractivity (Wildman–Crippen MR) is 243 cm³/mol. The summed E-state index contributed by atoms with van der Waals surface area (Å²) in [5, 5.41) is 9.52. The van der Waals surface area contributed by atoms with Gasteiger partial charge in [-0.1, -0.05) is 176 Å². The zero-order chi connectivity index (χ0) is 38.2. The normalized spacial score (nSPS) is 11.8. The minimum absolute atomic E-state index is 0.909. The van der Waals surface area contributed by atoms with Gasteiger partial charge < -0.3 is 8.83 Å². The van der Waals surface area contributed by atoms with Crippen molar-refractivity contribution in [2.24, 2.45) is 0 Å². The molecule has 58 heavy (non-hydrogen) atoms. The van der Waals surface area contributed by atoms with E-state index in [1.165, 1.54) is 77.2 Å². The van der Waals surface area contributed by atoms with Crippen LogP contribution in [0.5, 0.6) is 0 Å². The van der Waals surface area contributed by atoms with Crippen LogP contribution in [0.25, 0.3) is 121 Å². The standard InChI is InChI=1S/C56H34O2/c1-2-12-39(13-3-1)54-44-20-8-16-40(35-26-30-37(31-27-35)42-18-10-24-52-55(42)46-14-4-6-22-50(46)57-52)48(44)34-49-41(17-9-21-45(49)54)36-28-32-38(33-29-36)43-19-11-25-53-56(43)47-15-5-7-23-51(47)58-53/h1-34H. The zero-order valence-corrected chi connectivity index (χ0v) is 31.4. The summed E-state index contributed by atoms with van der Waals surface area (Å²) in [6.45, 7) is 0. The molecule has 0 N–H and O–H groups in total. The molecular formula is C56H34O2. The van der Waals surface area contributed by atoms with Crippen molar-refractivity contribution in [2.75, 3.05) is 0 Å². The number of benzene rings is 10. The fourth-order valence-electron chi connectivity index (χ4n) is 9.28. The van der Waals surface area contributed by atoms with Crippen LogP contribution < -0.4 is 0 Å². The van der Waals surface area contributed by atoms with Crippen molar-refractivity contribution in [1.82, 2.24) is 0 Å². The van der Waals surface area contributed by atoms with E-state index in [0.717, 1.165) is 43.9 Å². The lowest BCUT2D eigenvalue weighted by Gasteiger charge is -2.17. The van der Waals surface area contributed by atoms with E-state index in [1.807, 2.05) is 24.3 Å². The third kappa shape index (κ3) is 5.05. The van der Waals surface area contributed by atoms with Gasteiger partial charge in [0.1, 0.15) is 22.3 Å². The first-order valence-corrected chi connectivity index (χ1v) is 19.8. The van der Waals surface area contributed by atoms with Crippen molar-refractivity contribution < 1.29 is 8.83 Å². The fraction of sp³-hybridized carbons (Fsp3) is 0. The molecule has 0 unspecified atom stereocenters. The number of hydrogen-bond donors (Lipinski definition) is 0. The van der Waals surface area contributed by atoms with E-state index >= 15 is 0 Å². The van der Waals surface area contributed by atoms with Crippen LogP contribution in [0.2, 0.25) is 0 Å². The van der Waals surface area contributed by atoms with Crippen LogP contribution in [0.4, 0.5) is 0 Å². The van der Waals surface area contributed by atoms with Crippen molar-refractivity contribution in [3.05, 3.63) is 206 Å². The summed E-state index contributed by atoms with van der Waals surface area (Å²) in [4.78, 5) is 0. The van der Waals surface area contributed by atoms with Crippen LogP contribution in [0.3, 0.4) is 0 Å². The van der Waals surface area contributed by atoms with Gasteiger partial charge in [-0.2, -0.15) is 0 Å². The number of hydrogen-bond acceptors (Lipinski definition) is 2. The molecule has 0 spiro atoms. The van der Waals surface area contributed by atoms with Gasteiger partial charge in [0, 0.05) is 21.5 Å². The van der Waals surface area contributed by atoms with Gasteiger partial charge in [0.25, 0.3) is 0 Å². The lowest BCUT2D eigenvalue weighted by atomic mass is 9.86. The van der Waals surface area contributed by atoms with Crippen molar-refractivity contribution >= 4 is 65.4 Å². The first-order chi connectivity index (χ1) is 28.8. The molecule has 0 saturated carbocycles. The topological polar surface area (TPSA) is 26.3 Å². The molecule has 2 heterocycles. The quantitative estimate of drug-likeness (QED) is 0.164. The average Bonchev–Trinajstić information content (AvgIpc) is 3.87. The molecular weight excluding hydrogens is 705 g/mol. The second kappa shape index (κ2) is 12.9. The minimum Gasteiger partial charge on any atom is -0.456 e. The number of para-hydroxylation sites is 2. The minimum atomic E-state index is 0.909. The molecule has 0 bridgehead atoms. The van der Waals surface area contributed by atoms with Gasteiger partial charge in [0.05, 0.1) is 0 Å². The Morgan fingerprint density at radius 1 is 0.224 bits per heavy atom. The maximum atomic E-state index is 6.23. The predicted octanol–water partition coefficient (Wildman–Crippen LogP) is 16.1. The van der Waals surface area contributed by atoms with Crippen LogP contribution >= 0.6 is 0 Å². The Hall–Kier alpha value is -7.68. The van der Waals surface area contributed by atoms with Gasteiger partial charge in [0.2, 0.25) is 0 Å². The Morgan fingerprint density at radius 2 is 0.586 bits per heavy atom.